The van der Waals surface area contributed by atoms with Crippen LogP contribution < -0.4 is 15.7 Å². The predicted octanol–water partition coefficient (Wildman–Crippen LogP) is 6.30. The van der Waals surface area contributed by atoms with Crippen molar-refractivity contribution in [3.05, 3.63) is 123 Å². The van der Waals surface area contributed by atoms with Gasteiger partial charge in [-0.05, 0) is 73.0 Å². The van der Waals surface area contributed by atoms with E-state index in [0.29, 0.717) is 58.4 Å². The molecule has 3 aromatic carbocycles. The number of pyridine rings is 1. The maximum atomic E-state index is 14.2. The molecule has 254 valence electrons. The number of ether oxygens (including phenoxy) is 2. The molecule has 8 rings (SSSR count). The molecule has 1 saturated heterocycles. The lowest BCUT2D eigenvalue weighted by Gasteiger charge is -2.29. The van der Waals surface area contributed by atoms with E-state index in [1.54, 1.807) is 36.4 Å². The first-order valence-electron chi connectivity index (χ1n) is 16.4. The summed E-state index contributed by atoms with van der Waals surface area (Å²) in [6, 6.07) is 20.9. The molecular formula is C37H33ClFN7O4. The largest absolute Gasteiger partial charge is 0.473 e. The normalized spacial score (nSPS) is 16.4. The van der Waals surface area contributed by atoms with Crippen molar-refractivity contribution in [1.82, 2.24) is 29.4 Å². The minimum atomic E-state index is -0.412. The fourth-order valence-corrected chi connectivity index (χ4v) is 6.50. The third-order valence-corrected chi connectivity index (χ3v) is 9.38. The summed E-state index contributed by atoms with van der Waals surface area (Å²) in [6.07, 6.45) is 4.10. The lowest BCUT2D eigenvalue weighted by molar-refractivity contribution is -0.0591. The van der Waals surface area contributed by atoms with Crippen LogP contribution in [0.25, 0.3) is 27.6 Å². The van der Waals surface area contributed by atoms with E-state index in [1.807, 2.05) is 30.3 Å². The number of fused-ring (bicyclic) bond motifs is 2. The van der Waals surface area contributed by atoms with Crippen molar-refractivity contribution in [2.24, 2.45) is 0 Å². The van der Waals surface area contributed by atoms with Crippen LogP contribution in [0.1, 0.15) is 40.3 Å². The van der Waals surface area contributed by atoms with Crippen LogP contribution in [-0.2, 0) is 24.4 Å². The maximum Gasteiger partial charge on any atom is 0.323 e. The number of rotatable bonds is 10. The van der Waals surface area contributed by atoms with Gasteiger partial charge in [-0.2, -0.15) is 0 Å². The Kier molecular flexibility index (Phi) is 8.65. The van der Waals surface area contributed by atoms with Crippen LogP contribution in [0.5, 0.6) is 5.88 Å². The van der Waals surface area contributed by atoms with Gasteiger partial charge in [-0.15, -0.1) is 0 Å². The third kappa shape index (κ3) is 6.77. The molecule has 0 bridgehead atoms. The Morgan fingerprint density at radius 1 is 1.06 bits per heavy atom. The smallest absolute Gasteiger partial charge is 0.323 e. The monoisotopic (exact) mass is 693 g/mol. The highest BCUT2D eigenvalue weighted by Crippen LogP contribution is 2.27. The molecule has 0 radical (unpaired) electrons. The average Bonchev–Trinajstić information content (AvgIpc) is 3.64. The van der Waals surface area contributed by atoms with Crippen molar-refractivity contribution in [2.75, 3.05) is 25.0 Å². The van der Waals surface area contributed by atoms with E-state index in [9.17, 15) is 14.0 Å². The second-order valence-corrected chi connectivity index (χ2v) is 13.0. The van der Waals surface area contributed by atoms with E-state index in [1.165, 1.54) is 6.07 Å². The lowest BCUT2D eigenvalue weighted by Crippen LogP contribution is -2.33. The van der Waals surface area contributed by atoms with Gasteiger partial charge < -0.3 is 29.3 Å². The number of halogens is 2. The molecule has 3 aromatic heterocycles. The fourth-order valence-electron chi connectivity index (χ4n) is 6.34. The average molecular weight is 694 g/mol. The van der Waals surface area contributed by atoms with Gasteiger partial charge in [0.05, 0.1) is 47.0 Å². The molecule has 50 heavy (non-hydrogen) atoms. The molecule has 1 atom stereocenters. The van der Waals surface area contributed by atoms with Crippen molar-refractivity contribution in [2.45, 2.75) is 38.6 Å². The number of hydrogen-bond donors (Lipinski definition) is 3. The summed E-state index contributed by atoms with van der Waals surface area (Å²) >= 11 is 5.87. The summed E-state index contributed by atoms with van der Waals surface area (Å²) in [5, 5.41) is 3.27. The van der Waals surface area contributed by atoms with Crippen molar-refractivity contribution in [1.29, 1.82) is 0 Å². The minimum absolute atomic E-state index is 0.0543. The first kappa shape index (κ1) is 31.9. The van der Waals surface area contributed by atoms with Crippen molar-refractivity contribution in [3.63, 3.8) is 0 Å². The molecule has 3 N–H and O–H groups in total. The third-order valence-electron chi connectivity index (χ3n) is 9.14. The number of carbonyl (C=O) groups excluding carboxylic acids is 1. The van der Waals surface area contributed by atoms with Gasteiger partial charge in [0.15, 0.2) is 0 Å². The first-order chi connectivity index (χ1) is 24.3. The number of anilines is 1. The summed E-state index contributed by atoms with van der Waals surface area (Å²) in [6.45, 7) is 3.66. The zero-order valence-electron chi connectivity index (χ0n) is 26.9. The van der Waals surface area contributed by atoms with Gasteiger partial charge >= 0.3 is 5.69 Å². The molecule has 0 saturated carbocycles. The van der Waals surface area contributed by atoms with Crippen LogP contribution in [0, 0.1) is 5.82 Å². The Labute approximate surface area is 290 Å². The zero-order chi connectivity index (χ0) is 34.2. The fraction of sp³-hybridized carbons (Fsp3) is 0.243. The van der Waals surface area contributed by atoms with Gasteiger partial charge in [-0.1, -0.05) is 29.8 Å². The van der Waals surface area contributed by atoms with E-state index in [0.717, 1.165) is 54.1 Å². The van der Waals surface area contributed by atoms with Crippen molar-refractivity contribution >= 4 is 50.8 Å². The van der Waals surface area contributed by atoms with Gasteiger partial charge in [0.25, 0.3) is 5.91 Å². The van der Waals surface area contributed by atoms with Crippen LogP contribution in [0.2, 0.25) is 5.02 Å². The SMILES string of the molecule is O=C(Nc1ccc2[nH]c(=O)[nH]c2c1)c1ccc2c(c1)nc(CN1CC=C(c3cccc(OCc4ccc(Cl)cc4F)n3)CC1)n2C[C@@H]1CCO1. The Morgan fingerprint density at radius 3 is 2.74 bits per heavy atom. The molecule has 2 aliphatic rings. The number of imidazole rings is 2. The molecule has 1 fully saturated rings. The Hall–Kier alpha value is -5.30. The highest BCUT2D eigenvalue weighted by molar-refractivity contribution is 6.30. The number of nitrogens with one attached hydrogen (secondary N) is 3. The lowest BCUT2D eigenvalue weighted by atomic mass is 10.0. The van der Waals surface area contributed by atoms with E-state index < -0.39 is 5.82 Å². The molecule has 0 spiro atoms. The van der Waals surface area contributed by atoms with E-state index >= 15 is 0 Å². The van der Waals surface area contributed by atoms with Crippen LogP contribution in [-0.4, -0.2) is 61.1 Å². The Balaban J connectivity index is 0.965. The molecule has 13 heteroatoms. The summed E-state index contributed by atoms with van der Waals surface area (Å²) in [4.78, 5) is 42.3. The van der Waals surface area contributed by atoms with Gasteiger partial charge in [-0.3, -0.25) is 9.69 Å². The maximum absolute atomic E-state index is 14.2. The Morgan fingerprint density at radius 2 is 1.94 bits per heavy atom. The van der Waals surface area contributed by atoms with Crippen LogP contribution in [0.3, 0.4) is 0 Å². The summed E-state index contributed by atoms with van der Waals surface area (Å²) in [5.41, 5.74) is 6.11. The number of H-pyrrole nitrogens is 2. The second kappa shape index (κ2) is 13.5. The quantitative estimate of drug-likeness (QED) is 0.154. The van der Waals surface area contributed by atoms with E-state index in [-0.39, 0.29) is 24.3 Å². The standard InChI is InChI=1S/C37H33ClFN7O4/c38-25-6-4-24(28(39)17-25)21-50-35-3-1-2-29(42-35)22-10-13-45(14-11-22)20-34-41-32-16-23(5-9-33(32)46(34)19-27-12-15-49-27)36(47)40-26-7-8-30-31(18-26)44-37(48)43-30/h1-10,16-18,27H,11-15,19-21H2,(H,40,47)(H2,43,44,48)/t27-/m0/s1. The summed E-state index contributed by atoms with van der Waals surface area (Å²) in [5.74, 6) is 0.662. The minimum Gasteiger partial charge on any atom is -0.473 e. The zero-order valence-corrected chi connectivity index (χ0v) is 27.7. The van der Waals surface area contributed by atoms with Crippen molar-refractivity contribution in [3.8, 4) is 5.88 Å². The summed E-state index contributed by atoms with van der Waals surface area (Å²) in [7, 11) is 0. The molecule has 5 heterocycles. The number of nitrogens with zero attached hydrogens (tertiary/aromatic N) is 4. The first-order valence-corrected chi connectivity index (χ1v) is 16.8. The number of hydrogen-bond acceptors (Lipinski definition) is 7. The van der Waals surface area contributed by atoms with Crippen molar-refractivity contribution < 1.29 is 18.7 Å². The van der Waals surface area contributed by atoms with Crippen LogP contribution >= 0.6 is 11.6 Å². The highest BCUT2D eigenvalue weighted by atomic mass is 35.5. The highest BCUT2D eigenvalue weighted by Gasteiger charge is 2.24. The summed E-state index contributed by atoms with van der Waals surface area (Å²) < 4.78 is 28.0. The number of aromatic nitrogens is 5. The molecule has 0 unspecified atom stereocenters. The molecular weight excluding hydrogens is 661 g/mol. The Bertz CT molecular complexity index is 2330. The number of aromatic amines is 2. The molecule has 6 aromatic rings. The van der Waals surface area contributed by atoms with Gasteiger partial charge in [0.1, 0.15) is 18.2 Å². The van der Waals surface area contributed by atoms with Crippen LogP contribution in [0.15, 0.2) is 83.7 Å². The molecule has 0 aliphatic carbocycles. The predicted molar refractivity (Wildman–Crippen MR) is 189 cm³/mol. The molecule has 11 nitrogen and oxygen atoms in total. The van der Waals surface area contributed by atoms with E-state index in [4.69, 9.17) is 26.1 Å². The van der Waals surface area contributed by atoms with Crippen LogP contribution in [0.4, 0.5) is 10.1 Å². The number of amides is 1. The molecule has 1 amide bonds. The number of carbonyl (C=O) groups is 1. The molecule has 2 aliphatic heterocycles. The number of benzene rings is 3. The second-order valence-electron chi connectivity index (χ2n) is 12.5. The topological polar surface area (TPSA) is 130 Å². The van der Waals surface area contributed by atoms with Gasteiger partial charge in [0, 0.05) is 47.6 Å². The van der Waals surface area contributed by atoms with E-state index in [2.05, 4.69) is 35.8 Å². The van der Waals surface area contributed by atoms with Gasteiger partial charge in [-0.25, -0.2) is 19.2 Å². The van der Waals surface area contributed by atoms with Gasteiger partial charge in [0.2, 0.25) is 5.88 Å².